The van der Waals surface area contributed by atoms with Gasteiger partial charge in [0.15, 0.2) is 0 Å². The summed E-state index contributed by atoms with van der Waals surface area (Å²) in [6, 6.07) is 3.84. The van der Waals surface area contributed by atoms with Crippen molar-refractivity contribution in [1.29, 1.82) is 0 Å². The van der Waals surface area contributed by atoms with Crippen molar-refractivity contribution in [3.8, 4) is 0 Å². The molecule has 0 saturated carbocycles. The van der Waals surface area contributed by atoms with Gasteiger partial charge in [-0.2, -0.15) is 0 Å². The van der Waals surface area contributed by atoms with Crippen LogP contribution in [0, 0.1) is 0 Å². The molecule has 11 heavy (non-hydrogen) atoms. The van der Waals surface area contributed by atoms with E-state index in [1.165, 1.54) is 0 Å². The molecule has 0 radical (unpaired) electrons. The lowest BCUT2D eigenvalue weighted by Crippen LogP contribution is -2.25. The molecular weight excluding hydrogens is 140 g/mol. The van der Waals surface area contributed by atoms with E-state index in [4.69, 9.17) is 10.5 Å². The SMILES string of the molecule is Nc1ccc(C2COC2)nc1. The number of hydrogen-bond donors (Lipinski definition) is 1. The molecule has 1 saturated heterocycles. The van der Waals surface area contributed by atoms with E-state index in [-0.39, 0.29) is 0 Å². The standard InChI is InChI=1S/C8H10N2O/c9-7-1-2-8(10-3-7)6-4-11-5-6/h1-3,6H,4-5,9H2. The smallest absolute Gasteiger partial charge is 0.0572 e. The quantitative estimate of drug-likeness (QED) is 0.643. The van der Waals surface area contributed by atoms with E-state index in [2.05, 4.69) is 4.98 Å². The average molecular weight is 150 g/mol. The molecule has 0 aromatic carbocycles. The van der Waals surface area contributed by atoms with Crippen LogP contribution in [0.2, 0.25) is 0 Å². The first-order chi connectivity index (χ1) is 5.36. The number of rotatable bonds is 1. The van der Waals surface area contributed by atoms with Crippen LogP contribution in [0.4, 0.5) is 5.69 Å². The van der Waals surface area contributed by atoms with E-state index in [0.717, 1.165) is 18.9 Å². The number of nitrogens with two attached hydrogens (primary N) is 1. The summed E-state index contributed by atoms with van der Waals surface area (Å²) in [6.45, 7) is 1.60. The number of pyridine rings is 1. The lowest BCUT2D eigenvalue weighted by Gasteiger charge is -2.25. The number of ether oxygens (including phenoxy) is 1. The summed E-state index contributed by atoms with van der Waals surface area (Å²) < 4.78 is 5.05. The van der Waals surface area contributed by atoms with Gasteiger partial charge in [-0.3, -0.25) is 4.98 Å². The first kappa shape index (κ1) is 6.61. The van der Waals surface area contributed by atoms with Crippen molar-refractivity contribution in [3.63, 3.8) is 0 Å². The highest BCUT2D eigenvalue weighted by atomic mass is 16.5. The van der Waals surface area contributed by atoms with Crippen molar-refractivity contribution >= 4 is 5.69 Å². The highest BCUT2D eigenvalue weighted by Gasteiger charge is 2.21. The van der Waals surface area contributed by atoms with Crippen LogP contribution >= 0.6 is 0 Å². The maximum atomic E-state index is 5.49. The van der Waals surface area contributed by atoms with Crippen LogP contribution in [0.1, 0.15) is 11.6 Å². The Morgan fingerprint density at radius 1 is 1.45 bits per heavy atom. The van der Waals surface area contributed by atoms with Crippen molar-refractivity contribution < 1.29 is 4.74 Å². The second-order valence-electron chi connectivity index (χ2n) is 2.75. The second-order valence-corrected chi connectivity index (χ2v) is 2.75. The number of nitrogens with zero attached hydrogens (tertiary/aromatic N) is 1. The Morgan fingerprint density at radius 3 is 2.73 bits per heavy atom. The molecule has 1 fully saturated rings. The molecule has 2 heterocycles. The van der Waals surface area contributed by atoms with Crippen molar-refractivity contribution in [2.45, 2.75) is 5.92 Å². The molecule has 3 nitrogen and oxygen atoms in total. The van der Waals surface area contributed by atoms with Crippen LogP contribution in [0.3, 0.4) is 0 Å². The monoisotopic (exact) mass is 150 g/mol. The Kier molecular flexibility index (Phi) is 1.51. The molecule has 2 rings (SSSR count). The van der Waals surface area contributed by atoms with Crippen LogP contribution in [-0.2, 0) is 4.74 Å². The molecular formula is C8H10N2O. The molecule has 1 aromatic heterocycles. The minimum atomic E-state index is 0.496. The fourth-order valence-electron chi connectivity index (χ4n) is 1.06. The summed E-state index contributed by atoms with van der Waals surface area (Å²) >= 11 is 0. The maximum Gasteiger partial charge on any atom is 0.0572 e. The number of aromatic nitrogens is 1. The van der Waals surface area contributed by atoms with Crippen LogP contribution in [0.25, 0.3) is 0 Å². The molecule has 1 aliphatic rings. The second kappa shape index (κ2) is 2.51. The van der Waals surface area contributed by atoms with Crippen molar-refractivity contribution in [2.75, 3.05) is 18.9 Å². The molecule has 0 aliphatic carbocycles. The fraction of sp³-hybridized carbons (Fsp3) is 0.375. The van der Waals surface area contributed by atoms with Gasteiger partial charge >= 0.3 is 0 Å². The third-order valence-corrected chi connectivity index (χ3v) is 1.87. The molecule has 3 heteroatoms. The predicted octanol–water partition coefficient (Wildman–Crippen LogP) is 0.778. The Labute approximate surface area is 65.2 Å². The Morgan fingerprint density at radius 2 is 2.27 bits per heavy atom. The van der Waals surface area contributed by atoms with E-state index < -0.39 is 0 Å². The summed E-state index contributed by atoms with van der Waals surface area (Å²) in [5, 5.41) is 0. The van der Waals surface area contributed by atoms with Gasteiger partial charge in [0.25, 0.3) is 0 Å². The highest BCUT2D eigenvalue weighted by Crippen LogP contribution is 2.21. The molecule has 1 aromatic rings. The normalized spacial score (nSPS) is 17.8. The van der Waals surface area contributed by atoms with Gasteiger partial charge in [-0.05, 0) is 12.1 Å². The van der Waals surface area contributed by atoms with Crippen LogP contribution in [-0.4, -0.2) is 18.2 Å². The van der Waals surface area contributed by atoms with Crippen molar-refractivity contribution in [1.82, 2.24) is 4.98 Å². The first-order valence-corrected chi connectivity index (χ1v) is 3.65. The topological polar surface area (TPSA) is 48.1 Å². The van der Waals surface area contributed by atoms with E-state index in [1.54, 1.807) is 6.20 Å². The summed E-state index contributed by atoms with van der Waals surface area (Å²) in [4.78, 5) is 4.20. The third kappa shape index (κ3) is 1.19. The molecule has 0 spiro atoms. The Hall–Kier alpha value is -1.09. The number of hydrogen-bond acceptors (Lipinski definition) is 3. The Balaban J connectivity index is 2.18. The van der Waals surface area contributed by atoms with Crippen LogP contribution in [0.15, 0.2) is 18.3 Å². The Bertz CT molecular complexity index is 241. The van der Waals surface area contributed by atoms with E-state index >= 15 is 0 Å². The van der Waals surface area contributed by atoms with Crippen molar-refractivity contribution in [3.05, 3.63) is 24.0 Å². The van der Waals surface area contributed by atoms with Gasteiger partial charge in [0.05, 0.1) is 25.1 Å². The lowest BCUT2D eigenvalue weighted by atomic mass is 10.0. The molecule has 58 valence electrons. The number of anilines is 1. The zero-order valence-electron chi connectivity index (χ0n) is 6.16. The largest absolute Gasteiger partial charge is 0.397 e. The van der Waals surface area contributed by atoms with E-state index in [0.29, 0.717) is 11.6 Å². The zero-order chi connectivity index (χ0) is 7.68. The summed E-state index contributed by atoms with van der Waals surface area (Å²) in [7, 11) is 0. The van der Waals surface area contributed by atoms with E-state index in [1.807, 2.05) is 12.1 Å². The highest BCUT2D eigenvalue weighted by molar-refractivity contribution is 5.35. The summed E-state index contributed by atoms with van der Waals surface area (Å²) in [5.41, 5.74) is 7.30. The predicted molar refractivity (Wildman–Crippen MR) is 42.2 cm³/mol. The van der Waals surface area contributed by atoms with Crippen LogP contribution < -0.4 is 5.73 Å². The van der Waals surface area contributed by atoms with Crippen LogP contribution in [0.5, 0.6) is 0 Å². The van der Waals surface area contributed by atoms with Gasteiger partial charge in [0.1, 0.15) is 0 Å². The molecule has 1 aliphatic heterocycles. The molecule has 0 unspecified atom stereocenters. The van der Waals surface area contributed by atoms with Gasteiger partial charge in [-0.25, -0.2) is 0 Å². The lowest BCUT2D eigenvalue weighted by molar-refractivity contribution is 0.00672. The number of nitrogen functional groups attached to an aromatic ring is 1. The minimum Gasteiger partial charge on any atom is -0.397 e. The average Bonchev–Trinajstić information content (AvgIpc) is 1.90. The molecule has 0 amide bonds. The van der Waals surface area contributed by atoms with Gasteiger partial charge in [0, 0.05) is 11.6 Å². The molecule has 0 atom stereocenters. The molecule has 2 N–H and O–H groups in total. The van der Waals surface area contributed by atoms with Gasteiger partial charge in [0.2, 0.25) is 0 Å². The van der Waals surface area contributed by atoms with E-state index in [9.17, 15) is 0 Å². The van der Waals surface area contributed by atoms with Gasteiger partial charge in [-0.1, -0.05) is 0 Å². The van der Waals surface area contributed by atoms with Gasteiger partial charge in [-0.15, -0.1) is 0 Å². The summed E-state index contributed by atoms with van der Waals surface area (Å²) in [5.74, 6) is 0.496. The fourth-order valence-corrected chi connectivity index (χ4v) is 1.06. The minimum absolute atomic E-state index is 0.496. The maximum absolute atomic E-state index is 5.49. The zero-order valence-corrected chi connectivity index (χ0v) is 6.16. The molecule has 0 bridgehead atoms. The van der Waals surface area contributed by atoms with Crippen molar-refractivity contribution in [2.24, 2.45) is 0 Å². The summed E-state index contributed by atoms with van der Waals surface area (Å²) in [6.07, 6.45) is 1.69. The first-order valence-electron chi connectivity index (χ1n) is 3.65. The third-order valence-electron chi connectivity index (χ3n) is 1.87. The van der Waals surface area contributed by atoms with Gasteiger partial charge < -0.3 is 10.5 Å².